The van der Waals surface area contributed by atoms with Crippen molar-refractivity contribution in [2.24, 2.45) is 0 Å². The molecule has 0 aliphatic carbocycles. The quantitative estimate of drug-likeness (QED) is 0.916. The topological polar surface area (TPSA) is 60.2 Å². The van der Waals surface area contributed by atoms with Crippen LogP contribution in [-0.4, -0.2) is 22.9 Å². The number of rotatable bonds is 5. The molecule has 0 spiro atoms. The van der Waals surface area contributed by atoms with E-state index >= 15 is 0 Å². The van der Waals surface area contributed by atoms with Crippen LogP contribution in [0, 0.1) is 6.92 Å². The highest BCUT2D eigenvalue weighted by molar-refractivity contribution is 5.47. The third-order valence-electron chi connectivity index (χ3n) is 2.55. The molecule has 1 N–H and O–H groups in total. The maximum atomic E-state index is 12.0. The molecule has 1 aromatic heterocycles. The smallest absolute Gasteiger partial charge is 0.422 e. The Kier molecular flexibility index (Phi) is 4.35. The summed E-state index contributed by atoms with van der Waals surface area (Å²) in [6.07, 6.45) is -4.35. The van der Waals surface area contributed by atoms with Gasteiger partial charge in [-0.3, -0.25) is 0 Å². The summed E-state index contributed by atoms with van der Waals surface area (Å²) in [5.74, 6) is 1.12. The largest absolute Gasteiger partial charge is 0.484 e. The molecule has 0 unspecified atom stereocenters. The first kappa shape index (κ1) is 15.1. The Hall–Kier alpha value is -2.25. The minimum absolute atomic E-state index is 0.152. The fraction of sp³-hybridized carbons (Fsp3) is 0.385. The molecule has 0 radical (unpaired) electrons. The third kappa shape index (κ3) is 4.66. The van der Waals surface area contributed by atoms with E-state index in [0.29, 0.717) is 17.4 Å². The van der Waals surface area contributed by atoms with E-state index in [0.717, 1.165) is 0 Å². The molecule has 0 saturated heterocycles. The summed E-state index contributed by atoms with van der Waals surface area (Å²) in [5.41, 5.74) is 0.706. The van der Waals surface area contributed by atoms with E-state index in [1.165, 1.54) is 12.1 Å². The lowest BCUT2D eigenvalue weighted by Crippen LogP contribution is -2.19. The monoisotopic (exact) mass is 301 g/mol. The minimum atomic E-state index is -4.35. The summed E-state index contributed by atoms with van der Waals surface area (Å²) in [6, 6.07) is 5.93. The van der Waals surface area contributed by atoms with Crippen LogP contribution in [0.3, 0.4) is 0 Å². The standard InChI is InChI=1S/C13H14F3N3O2/c1-8(12-18-9(2)19-21-12)17-10-3-5-11(6-4-10)20-7-13(14,15)16/h3-6,8,17H,7H2,1-2H3/t8-/m0/s1. The van der Waals surface area contributed by atoms with Crippen LogP contribution in [0.4, 0.5) is 18.9 Å². The highest BCUT2D eigenvalue weighted by Crippen LogP contribution is 2.22. The molecule has 1 heterocycles. The summed E-state index contributed by atoms with van der Waals surface area (Å²) in [6.45, 7) is 2.24. The Morgan fingerprint density at radius 3 is 2.48 bits per heavy atom. The first-order valence-electron chi connectivity index (χ1n) is 6.20. The fourth-order valence-corrected chi connectivity index (χ4v) is 1.61. The van der Waals surface area contributed by atoms with Crippen LogP contribution in [0.15, 0.2) is 28.8 Å². The average Bonchev–Trinajstić information content (AvgIpc) is 2.84. The fourth-order valence-electron chi connectivity index (χ4n) is 1.61. The van der Waals surface area contributed by atoms with Gasteiger partial charge in [-0.1, -0.05) is 5.16 Å². The molecular formula is C13H14F3N3O2. The number of ether oxygens (including phenoxy) is 1. The molecule has 5 nitrogen and oxygen atoms in total. The number of aromatic nitrogens is 2. The Bertz CT molecular complexity index is 581. The van der Waals surface area contributed by atoms with Crippen molar-refractivity contribution in [3.05, 3.63) is 36.0 Å². The maximum absolute atomic E-state index is 12.0. The minimum Gasteiger partial charge on any atom is -0.484 e. The van der Waals surface area contributed by atoms with Crippen molar-refractivity contribution >= 4 is 5.69 Å². The molecule has 0 saturated carbocycles. The van der Waals surface area contributed by atoms with Gasteiger partial charge in [0.1, 0.15) is 11.8 Å². The van der Waals surface area contributed by atoms with Crippen LogP contribution in [0.25, 0.3) is 0 Å². The van der Waals surface area contributed by atoms with E-state index in [4.69, 9.17) is 4.52 Å². The van der Waals surface area contributed by atoms with E-state index in [2.05, 4.69) is 20.2 Å². The number of alkyl halides is 3. The Balaban J connectivity index is 1.93. The van der Waals surface area contributed by atoms with Gasteiger partial charge in [0.25, 0.3) is 0 Å². The molecule has 1 atom stereocenters. The van der Waals surface area contributed by atoms with Gasteiger partial charge in [-0.2, -0.15) is 18.2 Å². The van der Waals surface area contributed by atoms with E-state index < -0.39 is 12.8 Å². The Labute approximate surface area is 119 Å². The van der Waals surface area contributed by atoms with Crippen molar-refractivity contribution in [3.8, 4) is 5.75 Å². The Morgan fingerprint density at radius 1 is 1.29 bits per heavy atom. The zero-order valence-electron chi connectivity index (χ0n) is 11.4. The van der Waals surface area contributed by atoms with Crippen LogP contribution in [0.2, 0.25) is 0 Å². The normalized spacial score (nSPS) is 13.0. The molecule has 0 amide bonds. The summed E-state index contributed by atoms with van der Waals surface area (Å²) in [5, 5.41) is 6.79. The SMILES string of the molecule is Cc1noc([C@H](C)Nc2ccc(OCC(F)(F)F)cc2)n1. The number of anilines is 1. The first-order valence-corrected chi connectivity index (χ1v) is 6.20. The predicted octanol–water partition coefficient (Wildman–Crippen LogP) is 3.49. The molecule has 2 aromatic rings. The van der Waals surface area contributed by atoms with Crippen LogP contribution in [-0.2, 0) is 0 Å². The van der Waals surface area contributed by atoms with Gasteiger partial charge < -0.3 is 14.6 Å². The first-order chi connectivity index (χ1) is 9.83. The number of hydrogen-bond donors (Lipinski definition) is 1. The number of nitrogens with one attached hydrogen (secondary N) is 1. The van der Waals surface area contributed by atoms with Gasteiger partial charge in [-0.15, -0.1) is 0 Å². The van der Waals surface area contributed by atoms with Gasteiger partial charge in [0, 0.05) is 5.69 Å². The van der Waals surface area contributed by atoms with Gasteiger partial charge in [-0.05, 0) is 38.1 Å². The molecule has 0 bridgehead atoms. The lowest BCUT2D eigenvalue weighted by atomic mass is 10.2. The molecule has 0 fully saturated rings. The van der Waals surface area contributed by atoms with Crippen LogP contribution in [0.1, 0.15) is 24.7 Å². The number of nitrogens with zero attached hydrogens (tertiary/aromatic N) is 2. The van der Waals surface area contributed by atoms with Crippen molar-refractivity contribution in [1.82, 2.24) is 10.1 Å². The summed E-state index contributed by atoms with van der Waals surface area (Å²) in [7, 11) is 0. The third-order valence-corrected chi connectivity index (χ3v) is 2.55. The number of benzene rings is 1. The number of aryl methyl sites for hydroxylation is 1. The highest BCUT2D eigenvalue weighted by Gasteiger charge is 2.28. The lowest BCUT2D eigenvalue weighted by Gasteiger charge is -2.12. The molecule has 8 heteroatoms. The second-order valence-electron chi connectivity index (χ2n) is 4.47. The number of hydrogen-bond acceptors (Lipinski definition) is 5. The van der Waals surface area contributed by atoms with Crippen LogP contribution >= 0.6 is 0 Å². The Morgan fingerprint density at radius 2 is 1.95 bits per heavy atom. The summed E-state index contributed by atoms with van der Waals surface area (Å²) >= 11 is 0. The van der Waals surface area contributed by atoms with Crippen molar-refractivity contribution in [2.75, 3.05) is 11.9 Å². The van der Waals surface area contributed by atoms with Crippen molar-refractivity contribution in [1.29, 1.82) is 0 Å². The van der Waals surface area contributed by atoms with Crippen LogP contribution in [0.5, 0.6) is 5.75 Å². The van der Waals surface area contributed by atoms with Crippen molar-refractivity contribution in [3.63, 3.8) is 0 Å². The van der Waals surface area contributed by atoms with E-state index in [1.807, 2.05) is 6.92 Å². The van der Waals surface area contributed by atoms with Gasteiger partial charge >= 0.3 is 6.18 Å². The molecule has 0 aliphatic rings. The molecule has 2 rings (SSSR count). The second kappa shape index (κ2) is 6.02. The van der Waals surface area contributed by atoms with E-state index in [9.17, 15) is 13.2 Å². The second-order valence-corrected chi connectivity index (χ2v) is 4.47. The molecule has 21 heavy (non-hydrogen) atoms. The highest BCUT2D eigenvalue weighted by atomic mass is 19.4. The van der Waals surface area contributed by atoms with Gasteiger partial charge in [0.2, 0.25) is 5.89 Å². The predicted molar refractivity (Wildman–Crippen MR) is 69.1 cm³/mol. The van der Waals surface area contributed by atoms with E-state index in [-0.39, 0.29) is 11.8 Å². The van der Waals surface area contributed by atoms with Crippen molar-refractivity contribution < 1.29 is 22.4 Å². The molecule has 0 aliphatic heterocycles. The number of halogens is 3. The lowest BCUT2D eigenvalue weighted by molar-refractivity contribution is -0.153. The summed E-state index contributed by atoms with van der Waals surface area (Å²) in [4.78, 5) is 4.09. The van der Waals surface area contributed by atoms with Gasteiger partial charge in [0.05, 0.1) is 0 Å². The molecule has 114 valence electrons. The van der Waals surface area contributed by atoms with Crippen LogP contribution < -0.4 is 10.1 Å². The van der Waals surface area contributed by atoms with E-state index in [1.54, 1.807) is 19.1 Å². The average molecular weight is 301 g/mol. The van der Waals surface area contributed by atoms with Crippen molar-refractivity contribution in [2.45, 2.75) is 26.1 Å². The van der Waals surface area contributed by atoms with Gasteiger partial charge in [0.15, 0.2) is 12.4 Å². The maximum Gasteiger partial charge on any atom is 0.422 e. The molecular weight excluding hydrogens is 287 g/mol. The molecule has 1 aromatic carbocycles. The zero-order chi connectivity index (χ0) is 15.5. The summed E-state index contributed by atoms with van der Waals surface area (Å²) < 4.78 is 45.7. The van der Waals surface area contributed by atoms with Gasteiger partial charge in [-0.25, -0.2) is 0 Å². The zero-order valence-corrected chi connectivity index (χ0v) is 11.4.